The van der Waals surface area contributed by atoms with Gasteiger partial charge in [0.15, 0.2) is 0 Å². The molecule has 1 aliphatic heterocycles. The summed E-state index contributed by atoms with van der Waals surface area (Å²) in [6, 6.07) is 5.19. The number of nitrogens with zero attached hydrogens (tertiary/aromatic N) is 3. The summed E-state index contributed by atoms with van der Waals surface area (Å²) in [5.41, 5.74) is -0.651. The summed E-state index contributed by atoms with van der Waals surface area (Å²) in [5, 5.41) is 19.6. The molecule has 2 rings (SSSR count). The molecule has 1 aliphatic rings. The number of nitro groups is 1. The molecule has 1 aromatic rings. The van der Waals surface area contributed by atoms with E-state index in [1.807, 2.05) is 0 Å². The van der Waals surface area contributed by atoms with Gasteiger partial charge in [-0.05, 0) is 25.0 Å². The lowest BCUT2D eigenvalue weighted by Crippen LogP contribution is -2.39. The second-order valence-corrected chi connectivity index (χ2v) is 4.64. The fourth-order valence-corrected chi connectivity index (χ4v) is 2.24. The number of hydrogen-bond donors (Lipinski definition) is 0. The molecule has 0 aliphatic carbocycles. The second-order valence-electron chi connectivity index (χ2n) is 4.64. The van der Waals surface area contributed by atoms with Crippen LogP contribution in [0.3, 0.4) is 0 Å². The van der Waals surface area contributed by atoms with E-state index in [1.165, 1.54) is 11.0 Å². The Morgan fingerprint density at radius 3 is 2.95 bits per heavy atom. The Bertz CT molecular complexity index is 597. The molecule has 0 aromatic heterocycles. The van der Waals surface area contributed by atoms with E-state index < -0.39 is 22.3 Å². The van der Waals surface area contributed by atoms with Gasteiger partial charge in [-0.3, -0.25) is 14.9 Å². The van der Waals surface area contributed by atoms with Crippen LogP contribution in [0.1, 0.15) is 23.2 Å². The summed E-state index contributed by atoms with van der Waals surface area (Å²) in [4.78, 5) is 23.5. The minimum absolute atomic E-state index is 0.0664. The van der Waals surface area contributed by atoms with Gasteiger partial charge in [0.1, 0.15) is 0 Å². The number of rotatable bonds is 2. The SMILES string of the molecule is N#CC1CCCN(C(=O)c2ccc(F)c([N+](=O)[O-])c2)C1. The number of carbonyl (C=O) groups is 1. The third kappa shape index (κ3) is 2.74. The van der Waals surface area contributed by atoms with Crippen molar-refractivity contribution >= 4 is 11.6 Å². The minimum Gasteiger partial charge on any atom is -0.337 e. The van der Waals surface area contributed by atoms with E-state index in [0.717, 1.165) is 18.6 Å². The van der Waals surface area contributed by atoms with Crippen LogP contribution in [0, 0.1) is 33.2 Å². The van der Waals surface area contributed by atoms with Crippen molar-refractivity contribution in [2.24, 2.45) is 5.92 Å². The van der Waals surface area contributed by atoms with Crippen LogP contribution in [-0.4, -0.2) is 28.8 Å². The number of carbonyl (C=O) groups excluding carboxylic acids is 1. The molecule has 1 aromatic carbocycles. The maximum atomic E-state index is 13.2. The number of benzene rings is 1. The van der Waals surface area contributed by atoms with Crippen LogP contribution < -0.4 is 0 Å². The summed E-state index contributed by atoms with van der Waals surface area (Å²) in [6.45, 7) is 0.808. The minimum atomic E-state index is -0.972. The van der Waals surface area contributed by atoms with Crippen LogP contribution in [0.25, 0.3) is 0 Å². The third-order valence-electron chi connectivity index (χ3n) is 3.28. The van der Waals surface area contributed by atoms with E-state index in [9.17, 15) is 19.3 Å². The monoisotopic (exact) mass is 277 g/mol. The van der Waals surface area contributed by atoms with Crippen molar-refractivity contribution in [3.05, 3.63) is 39.7 Å². The van der Waals surface area contributed by atoms with E-state index in [1.54, 1.807) is 0 Å². The van der Waals surface area contributed by atoms with Crippen molar-refractivity contribution in [2.45, 2.75) is 12.8 Å². The van der Waals surface area contributed by atoms with Gasteiger partial charge < -0.3 is 4.90 Å². The summed E-state index contributed by atoms with van der Waals surface area (Å²) in [5.74, 6) is -1.60. The smallest absolute Gasteiger partial charge is 0.305 e. The van der Waals surface area contributed by atoms with Crippen molar-refractivity contribution in [2.75, 3.05) is 13.1 Å². The Morgan fingerprint density at radius 1 is 1.55 bits per heavy atom. The number of halogens is 1. The molecule has 1 fully saturated rings. The van der Waals surface area contributed by atoms with Crippen LogP contribution in [0.2, 0.25) is 0 Å². The Balaban J connectivity index is 2.23. The van der Waals surface area contributed by atoms with Crippen molar-refractivity contribution in [1.29, 1.82) is 5.26 Å². The highest BCUT2D eigenvalue weighted by atomic mass is 19.1. The number of nitro benzene ring substituents is 1. The average Bonchev–Trinajstić information content (AvgIpc) is 2.46. The normalized spacial score (nSPS) is 18.4. The van der Waals surface area contributed by atoms with Gasteiger partial charge in [0, 0.05) is 24.7 Å². The lowest BCUT2D eigenvalue weighted by Gasteiger charge is -2.29. The highest BCUT2D eigenvalue weighted by Crippen LogP contribution is 2.22. The quantitative estimate of drug-likeness (QED) is 0.611. The van der Waals surface area contributed by atoms with Crippen LogP contribution in [0.15, 0.2) is 18.2 Å². The standard InChI is InChI=1S/C13H12FN3O3/c14-11-4-3-10(6-12(11)17(19)20)13(18)16-5-1-2-9(7-15)8-16/h3-4,6,9H,1-2,5,8H2. The van der Waals surface area contributed by atoms with E-state index >= 15 is 0 Å². The number of amides is 1. The predicted octanol–water partition coefficient (Wildman–Crippen LogP) is 2.11. The highest BCUT2D eigenvalue weighted by molar-refractivity contribution is 5.95. The Kier molecular flexibility index (Phi) is 3.94. The lowest BCUT2D eigenvalue weighted by atomic mass is 9.99. The number of nitriles is 1. The summed E-state index contributed by atoms with van der Waals surface area (Å²) < 4.78 is 13.2. The van der Waals surface area contributed by atoms with Crippen molar-refractivity contribution in [1.82, 2.24) is 4.90 Å². The van der Waals surface area contributed by atoms with Gasteiger partial charge in [0.25, 0.3) is 5.91 Å². The largest absolute Gasteiger partial charge is 0.337 e. The third-order valence-corrected chi connectivity index (χ3v) is 3.28. The zero-order valence-electron chi connectivity index (χ0n) is 10.6. The molecule has 1 heterocycles. The van der Waals surface area contributed by atoms with E-state index in [0.29, 0.717) is 19.5 Å². The molecule has 104 valence electrons. The maximum Gasteiger partial charge on any atom is 0.305 e. The second kappa shape index (κ2) is 5.65. The molecular formula is C13H12FN3O3. The molecule has 1 unspecified atom stereocenters. The molecule has 0 radical (unpaired) electrons. The fourth-order valence-electron chi connectivity index (χ4n) is 2.24. The molecule has 0 N–H and O–H groups in total. The van der Waals surface area contributed by atoms with Crippen LogP contribution >= 0.6 is 0 Å². The maximum absolute atomic E-state index is 13.2. The van der Waals surface area contributed by atoms with Gasteiger partial charge in [-0.1, -0.05) is 0 Å². The van der Waals surface area contributed by atoms with E-state index in [2.05, 4.69) is 6.07 Å². The molecule has 0 spiro atoms. The van der Waals surface area contributed by atoms with Crippen molar-refractivity contribution < 1.29 is 14.1 Å². The molecule has 7 heteroatoms. The Hall–Kier alpha value is -2.49. The fraction of sp³-hybridized carbons (Fsp3) is 0.385. The van der Waals surface area contributed by atoms with E-state index in [4.69, 9.17) is 5.26 Å². The predicted molar refractivity (Wildman–Crippen MR) is 67.3 cm³/mol. The van der Waals surface area contributed by atoms with Crippen LogP contribution in [0.4, 0.5) is 10.1 Å². The molecule has 6 nitrogen and oxygen atoms in total. The number of piperidine rings is 1. The summed E-state index contributed by atoms with van der Waals surface area (Å²) in [7, 11) is 0. The first-order chi connectivity index (χ1) is 9.52. The zero-order valence-corrected chi connectivity index (χ0v) is 10.6. The van der Waals surface area contributed by atoms with Gasteiger partial charge in [-0.15, -0.1) is 0 Å². The van der Waals surface area contributed by atoms with E-state index in [-0.39, 0.29) is 11.5 Å². The Labute approximate surface area is 114 Å². The number of hydrogen-bond acceptors (Lipinski definition) is 4. The van der Waals surface area contributed by atoms with Gasteiger partial charge >= 0.3 is 5.69 Å². The summed E-state index contributed by atoms with van der Waals surface area (Å²) in [6.07, 6.45) is 1.46. The van der Waals surface area contributed by atoms with Gasteiger partial charge in [0.2, 0.25) is 5.82 Å². The zero-order chi connectivity index (χ0) is 14.7. The molecule has 0 saturated carbocycles. The first-order valence-electron chi connectivity index (χ1n) is 6.15. The number of likely N-dealkylation sites (tertiary alicyclic amines) is 1. The topological polar surface area (TPSA) is 87.2 Å². The first kappa shape index (κ1) is 13.9. The molecule has 20 heavy (non-hydrogen) atoms. The molecule has 1 saturated heterocycles. The van der Waals surface area contributed by atoms with Gasteiger partial charge in [-0.25, -0.2) is 0 Å². The lowest BCUT2D eigenvalue weighted by molar-refractivity contribution is -0.387. The molecular weight excluding hydrogens is 265 g/mol. The average molecular weight is 277 g/mol. The van der Waals surface area contributed by atoms with Crippen LogP contribution in [-0.2, 0) is 0 Å². The highest BCUT2D eigenvalue weighted by Gasteiger charge is 2.26. The molecule has 1 amide bonds. The Morgan fingerprint density at radius 2 is 2.30 bits per heavy atom. The first-order valence-corrected chi connectivity index (χ1v) is 6.15. The molecule has 1 atom stereocenters. The molecule has 0 bridgehead atoms. The van der Waals surface area contributed by atoms with Crippen molar-refractivity contribution in [3.63, 3.8) is 0 Å². The van der Waals surface area contributed by atoms with Crippen molar-refractivity contribution in [3.8, 4) is 6.07 Å². The van der Waals surface area contributed by atoms with Crippen LogP contribution in [0.5, 0.6) is 0 Å². The summed E-state index contributed by atoms with van der Waals surface area (Å²) >= 11 is 0. The van der Waals surface area contributed by atoms with Gasteiger partial charge in [-0.2, -0.15) is 9.65 Å². The van der Waals surface area contributed by atoms with Gasteiger partial charge in [0.05, 0.1) is 16.9 Å².